The number of hydrogen-bond donors (Lipinski definition) is 1. The Bertz CT molecular complexity index is 915. The lowest BCUT2D eigenvalue weighted by Crippen LogP contribution is -2.51. The van der Waals surface area contributed by atoms with E-state index in [0.29, 0.717) is 38.4 Å². The number of rotatable bonds is 5. The summed E-state index contributed by atoms with van der Waals surface area (Å²) in [5.41, 5.74) is 2.98. The molecule has 2 amide bonds. The zero-order valence-electron chi connectivity index (χ0n) is 17.0. The average Bonchev–Trinajstić information content (AvgIpc) is 2.80. The van der Waals surface area contributed by atoms with Crippen LogP contribution in [0.15, 0.2) is 42.5 Å². The number of piperazine rings is 1. The average molecular weight is 406 g/mol. The molecule has 2 aromatic carbocycles. The number of benzene rings is 2. The first kappa shape index (κ1) is 20.0. The molecule has 0 unspecified atom stereocenters. The van der Waals surface area contributed by atoms with Crippen LogP contribution in [-0.4, -0.2) is 61.8 Å². The molecule has 0 bridgehead atoms. The number of hydrogen-bond acceptors (Lipinski definition) is 5. The van der Waals surface area contributed by atoms with Crippen molar-refractivity contribution in [3.63, 3.8) is 0 Å². The highest BCUT2D eigenvalue weighted by Gasteiger charge is 2.21. The van der Waals surface area contributed by atoms with Crippen LogP contribution in [0.2, 0.25) is 0 Å². The van der Waals surface area contributed by atoms with Gasteiger partial charge in [0.05, 0.1) is 11.6 Å². The highest BCUT2D eigenvalue weighted by Crippen LogP contribution is 2.30. The van der Waals surface area contributed by atoms with Gasteiger partial charge in [0.2, 0.25) is 0 Å². The van der Waals surface area contributed by atoms with Crippen molar-refractivity contribution in [2.24, 2.45) is 0 Å². The molecule has 7 heteroatoms. The first-order chi connectivity index (χ1) is 14.7. The number of fused-ring (bicyclic) bond motifs is 1. The molecule has 1 saturated heterocycles. The van der Waals surface area contributed by atoms with Crippen molar-refractivity contribution in [3.8, 4) is 17.6 Å². The fraction of sp³-hybridized carbons (Fsp3) is 0.391. The van der Waals surface area contributed by atoms with Gasteiger partial charge in [0.1, 0.15) is 13.2 Å². The van der Waals surface area contributed by atoms with E-state index in [-0.39, 0.29) is 6.03 Å². The second kappa shape index (κ2) is 9.51. The molecule has 0 saturated carbocycles. The molecule has 2 aliphatic heterocycles. The molecule has 156 valence electrons. The van der Waals surface area contributed by atoms with Crippen molar-refractivity contribution in [2.75, 3.05) is 45.9 Å². The SMILES string of the molecule is N#Cc1ccc(CN2CCN(C(=O)NCCc3ccc4c(c3)OCCO4)CC2)cc1. The summed E-state index contributed by atoms with van der Waals surface area (Å²) >= 11 is 0. The number of nitrogens with zero attached hydrogens (tertiary/aromatic N) is 3. The fourth-order valence-corrected chi connectivity index (χ4v) is 3.72. The number of ether oxygens (including phenoxy) is 2. The lowest BCUT2D eigenvalue weighted by Gasteiger charge is -2.34. The number of nitriles is 1. The molecule has 30 heavy (non-hydrogen) atoms. The summed E-state index contributed by atoms with van der Waals surface area (Å²) in [5, 5.41) is 11.9. The highest BCUT2D eigenvalue weighted by molar-refractivity contribution is 5.74. The van der Waals surface area contributed by atoms with Gasteiger partial charge >= 0.3 is 6.03 Å². The highest BCUT2D eigenvalue weighted by atomic mass is 16.6. The first-order valence-corrected chi connectivity index (χ1v) is 10.3. The summed E-state index contributed by atoms with van der Waals surface area (Å²) in [7, 11) is 0. The summed E-state index contributed by atoms with van der Waals surface area (Å²) in [6.07, 6.45) is 0.751. The van der Waals surface area contributed by atoms with Crippen molar-refractivity contribution in [1.29, 1.82) is 5.26 Å². The topological polar surface area (TPSA) is 77.8 Å². The first-order valence-electron chi connectivity index (χ1n) is 10.3. The van der Waals surface area contributed by atoms with Gasteiger partial charge in [-0.3, -0.25) is 4.90 Å². The Morgan fingerprint density at radius 1 is 0.967 bits per heavy atom. The Morgan fingerprint density at radius 2 is 1.67 bits per heavy atom. The van der Waals surface area contributed by atoms with Gasteiger partial charge in [0.25, 0.3) is 0 Å². The monoisotopic (exact) mass is 406 g/mol. The predicted molar refractivity (Wildman–Crippen MR) is 113 cm³/mol. The van der Waals surface area contributed by atoms with E-state index in [2.05, 4.69) is 16.3 Å². The van der Waals surface area contributed by atoms with Gasteiger partial charge in [-0.05, 0) is 41.8 Å². The van der Waals surface area contributed by atoms with Crippen molar-refractivity contribution >= 4 is 6.03 Å². The third-order valence-electron chi connectivity index (χ3n) is 5.45. The van der Waals surface area contributed by atoms with Gasteiger partial charge in [0.15, 0.2) is 11.5 Å². The van der Waals surface area contributed by atoms with Gasteiger partial charge in [-0.25, -0.2) is 4.79 Å². The van der Waals surface area contributed by atoms with Crippen LogP contribution < -0.4 is 14.8 Å². The molecule has 2 aliphatic rings. The van der Waals surface area contributed by atoms with Crippen LogP contribution in [0.25, 0.3) is 0 Å². The van der Waals surface area contributed by atoms with E-state index in [4.69, 9.17) is 14.7 Å². The minimum atomic E-state index is -0.00873. The zero-order chi connectivity index (χ0) is 20.8. The zero-order valence-corrected chi connectivity index (χ0v) is 17.0. The Hall–Kier alpha value is -3.24. The largest absolute Gasteiger partial charge is 0.486 e. The Kier molecular flexibility index (Phi) is 6.35. The molecule has 7 nitrogen and oxygen atoms in total. The maximum absolute atomic E-state index is 12.5. The van der Waals surface area contributed by atoms with Crippen LogP contribution in [0.4, 0.5) is 4.79 Å². The van der Waals surface area contributed by atoms with Gasteiger partial charge in [0, 0.05) is 39.3 Å². The van der Waals surface area contributed by atoms with E-state index < -0.39 is 0 Å². The Balaban J connectivity index is 1.18. The summed E-state index contributed by atoms with van der Waals surface area (Å²) < 4.78 is 11.2. The van der Waals surface area contributed by atoms with Gasteiger partial charge in [-0.2, -0.15) is 5.26 Å². The van der Waals surface area contributed by atoms with Crippen LogP contribution in [0, 0.1) is 11.3 Å². The molecule has 2 heterocycles. The number of carbonyl (C=O) groups is 1. The second-order valence-electron chi connectivity index (χ2n) is 7.53. The van der Waals surface area contributed by atoms with Crippen LogP contribution >= 0.6 is 0 Å². The van der Waals surface area contributed by atoms with Crippen LogP contribution in [0.3, 0.4) is 0 Å². The van der Waals surface area contributed by atoms with E-state index in [9.17, 15) is 4.79 Å². The molecule has 0 aromatic heterocycles. The fourth-order valence-electron chi connectivity index (χ4n) is 3.72. The standard InChI is InChI=1S/C23H26N4O3/c24-16-19-1-3-20(4-2-19)17-26-9-11-27(12-10-26)23(28)25-8-7-18-5-6-21-22(15-18)30-14-13-29-21/h1-6,15H,7-14,17H2,(H,25,28). The number of nitrogens with one attached hydrogen (secondary N) is 1. The van der Waals surface area contributed by atoms with Crippen LogP contribution in [0.5, 0.6) is 11.5 Å². The lowest BCUT2D eigenvalue weighted by molar-refractivity contribution is 0.135. The van der Waals surface area contributed by atoms with Crippen molar-refractivity contribution < 1.29 is 14.3 Å². The molecule has 0 aliphatic carbocycles. The summed E-state index contributed by atoms with van der Waals surface area (Å²) in [6.45, 7) is 5.70. The molecule has 1 fully saturated rings. The molecule has 2 aromatic rings. The number of carbonyl (C=O) groups excluding carboxylic acids is 1. The molecular weight excluding hydrogens is 380 g/mol. The quantitative estimate of drug-likeness (QED) is 0.825. The van der Waals surface area contributed by atoms with E-state index in [0.717, 1.165) is 43.1 Å². The predicted octanol–water partition coefficient (Wildman–Crippen LogP) is 2.40. The van der Waals surface area contributed by atoms with Gasteiger partial charge in [-0.1, -0.05) is 18.2 Å². The molecule has 4 rings (SSSR count). The third kappa shape index (κ3) is 5.02. The second-order valence-corrected chi connectivity index (χ2v) is 7.53. The Morgan fingerprint density at radius 3 is 2.40 bits per heavy atom. The van der Waals surface area contributed by atoms with Gasteiger partial charge < -0.3 is 19.7 Å². The van der Waals surface area contributed by atoms with Crippen molar-refractivity contribution in [3.05, 3.63) is 59.2 Å². The molecular formula is C23H26N4O3. The maximum Gasteiger partial charge on any atom is 0.317 e. The van der Waals surface area contributed by atoms with E-state index in [1.807, 2.05) is 47.4 Å². The van der Waals surface area contributed by atoms with Crippen LogP contribution in [0.1, 0.15) is 16.7 Å². The molecule has 1 N–H and O–H groups in total. The Labute approximate surface area is 176 Å². The van der Waals surface area contributed by atoms with Crippen molar-refractivity contribution in [2.45, 2.75) is 13.0 Å². The molecule has 0 atom stereocenters. The smallest absolute Gasteiger partial charge is 0.317 e. The maximum atomic E-state index is 12.5. The minimum Gasteiger partial charge on any atom is -0.486 e. The number of urea groups is 1. The summed E-state index contributed by atoms with van der Waals surface area (Å²) in [5.74, 6) is 1.57. The molecule has 0 spiro atoms. The van der Waals surface area contributed by atoms with Gasteiger partial charge in [-0.15, -0.1) is 0 Å². The van der Waals surface area contributed by atoms with E-state index >= 15 is 0 Å². The van der Waals surface area contributed by atoms with Crippen molar-refractivity contribution in [1.82, 2.24) is 15.1 Å². The van der Waals surface area contributed by atoms with E-state index in [1.165, 1.54) is 5.56 Å². The summed E-state index contributed by atoms with van der Waals surface area (Å²) in [6, 6.07) is 15.8. The normalized spacial score (nSPS) is 16.0. The van der Waals surface area contributed by atoms with E-state index in [1.54, 1.807) is 0 Å². The molecule has 0 radical (unpaired) electrons. The van der Waals surface area contributed by atoms with Crippen LogP contribution in [-0.2, 0) is 13.0 Å². The number of amides is 2. The third-order valence-corrected chi connectivity index (χ3v) is 5.45. The minimum absolute atomic E-state index is 0.00873. The lowest BCUT2D eigenvalue weighted by atomic mass is 10.1. The summed E-state index contributed by atoms with van der Waals surface area (Å²) in [4.78, 5) is 16.7.